The normalized spacial score (nSPS) is 28.8. The standard InChI is InChI=1S/C18H26ClNO/c1-3-10-20-18(17-13-6-4-5-7-14(13)17)12-8-9-15(19)16(11-12)21-2/h8-9,11,13-14,17-18,20H,3-7,10H2,1-2H3. The molecule has 0 spiro atoms. The number of hydrogen-bond acceptors (Lipinski definition) is 2. The zero-order chi connectivity index (χ0) is 14.8. The van der Waals surface area contributed by atoms with E-state index in [0.29, 0.717) is 11.1 Å². The average molecular weight is 308 g/mol. The quantitative estimate of drug-likeness (QED) is 0.813. The Bertz CT molecular complexity index is 478. The van der Waals surface area contributed by atoms with Crippen molar-refractivity contribution in [3.63, 3.8) is 0 Å². The van der Waals surface area contributed by atoms with Gasteiger partial charge in [0.25, 0.3) is 0 Å². The molecule has 0 saturated heterocycles. The predicted octanol–water partition coefficient (Wildman–Crippen LogP) is 4.83. The molecule has 2 saturated carbocycles. The minimum atomic E-state index is 0.462. The van der Waals surface area contributed by atoms with E-state index >= 15 is 0 Å². The summed E-state index contributed by atoms with van der Waals surface area (Å²) < 4.78 is 5.40. The SMILES string of the molecule is CCCNC(c1ccc(Cl)c(OC)c1)C1C2CCCCC21. The molecule has 3 heteroatoms. The summed E-state index contributed by atoms with van der Waals surface area (Å²) in [5.41, 5.74) is 1.34. The van der Waals surface area contributed by atoms with Crippen LogP contribution in [-0.2, 0) is 0 Å². The van der Waals surface area contributed by atoms with Gasteiger partial charge < -0.3 is 10.1 Å². The molecule has 3 rings (SSSR count). The molecule has 2 fully saturated rings. The Morgan fingerprint density at radius 3 is 2.62 bits per heavy atom. The highest BCUT2D eigenvalue weighted by atomic mass is 35.5. The predicted molar refractivity (Wildman–Crippen MR) is 88.0 cm³/mol. The molecule has 116 valence electrons. The molecule has 0 amide bonds. The van der Waals surface area contributed by atoms with E-state index in [-0.39, 0.29) is 0 Å². The van der Waals surface area contributed by atoms with Crippen molar-refractivity contribution in [3.8, 4) is 5.75 Å². The molecule has 21 heavy (non-hydrogen) atoms. The fourth-order valence-corrected chi connectivity index (χ4v) is 4.38. The van der Waals surface area contributed by atoms with Crippen molar-refractivity contribution < 1.29 is 4.74 Å². The Kier molecular flexibility index (Phi) is 4.75. The Hall–Kier alpha value is -0.730. The monoisotopic (exact) mass is 307 g/mol. The molecule has 2 aliphatic rings. The lowest BCUT2D eigenvalue weighted by Crippen LogP contribution is -2.25. The first-order chi connectivity index (χ1) is 10.3. The average Bonchev–Trinajstić information content (AvgIpc) is 3.23. The molecule has 2 nitrogen and oxygen atoms in total. The smallest absolute Gasteiger partial charge is 0.137 e. The third-order valence-corrected chi connectivity index (χ3v) is 5.57. The van der Waals surface area contributed by atoms with Crippen molar-refractivity contribution >= 4 is 11.6 Å². The largest absolute Gasteiger partial charge is 0.495 e. The molecular formula is C18H26ClNO. The van der Waals surface area contributed by atoms with E-state index < -0.39 is 0 Å². The molecule has 3 atom stereocenters. The molecule has 2 aliphatic carbocycles. The van der Waals surface area contributed by atoms with E-state index in [1.54, 1.807) is 7.11 Å². The van der Waals surface area contributed by atoms with Gasteiger partial charge in [-0.25, -0.2) is 0 Å². The molecule has 1 aromatic carbocycles. The highest BCUT2D eigenvalue weighted by Crippen LogP contribution is 2.60. The zero-order valence-corrected chi connectivity index (χ0v) is 13.8. The summed E-state index contributed by atoms with van der Waals surface area (Å²) >= 11 is 6.18. The van der Waals surface area contributed by atoms with Gasteiger partial charge in [-0.3, -0.25) is 0 Å². The molecule has 0 heterocycles. The highest BCUT2D eigenvalue weighted by Gasteiger charge is 2.54. The van der Waals surface area contributed by atoms with Gasteiger partial charge in [0.15, 0.2) is 0 Å². The number of rotatable bonds is 6. The molecule has 3 unspecified atom stereocenters. The molecule has 1 aromatic rings. The van der Waals surface area contributed by atoms with E-state index in [1.165, 1.54) is 37.7 Å². The van der Waals surface area contributed by atoms with Crippen molar-refractivity contribution in [2.45, 2.75) is 45.1 Å². The number of ether oxygens (including phenoxy) is 1. The van der Waals surface area contributed by atoms with Gasteiger partial charge in [0.05, 0.1) is 12.1 Å². The summed E-state index contributed by atoms with van der Waals surface area (Å²) in [5, 5.41) is 4.47. The van der Waals surface area contributed by atoms with Crippen molar-refractivity contribution in [1.82, 2.24) is 5.32 Å². The first-order valence-corrected chi connectivity index (χ1v) is 8.71. The maximum Gasteiger partial charge on any atom is 0.137 e. The summed E-state index contributed by atoms with van der Waals surface area (Å²) in [6, 6.07) is 6.73. The van der Waals surface area contributed by atoms with Crippen molar-refractivity contribution in [1.29, 1.82) is 0 Å². The van der Waals surface area contributed by atoms with Gasteiger partial charge >= 0.3 is 0 Å². The lowest BCUT2D eigenvalue weighted by molar-refractivity contribution is 0.409. The van der Waals surface area contributed by atoms with Crippen molar-refractivity contribution in [3.05, 3.63) is 28.8 Å². The van der Waals surface area contributed by atoms with Crippen LogP contribution in [0.3, 0.4) is 0 Å². The van der Waals surface area contributed by atoms with Crippen LogP contribution < -0.4 is 10.1 Å². The minimum absolute atomic E-state index is 0.462. The molecule has 1 N–H and O–H groups in total. The van der Waals surface area contributed by atoms with Gasteiger partial charge in [-0.15, -0.1) is 0 Å². The Morgan fingerprint density at radius 2 is 2.00 bits per heavy atom. The first kappa shape index (κ1) is 15.2. The van der Waals surface area contributed by atoms with Gasteiger partial charge in [-0.2, -0.15) is 0 Å². The lowest BCUT2D eigenvalue weighted by Gasteiger charge is -2.20. The van der Waals surface area contributed by atoms with Crippen molar-refractivity contribution in [2.75, 3.05) is 13.7 Å². The fraction of sp³-hybridized carbons (Fsp3) is 0.667. The second-order valence-corrected chi connectivity index (χ2v) is 6.92. The summed E-state index contributed by atoms with van der Waals surface area (Å²) in [6.07, 6.45) is 6.85. The van der Waals surface area contributed by atoms with Crippen LogP contribution in [0, 0.1) is 17.8 Å². The highest BCUT2D eigenvalue weighted by molar-refractivity contribution is 6.32. The third-order valence-electron chi connectivity index (χ3n) is 5.26. The molecule has 0 radical (unpaired) electrons. The first-order valence-electron chi connectivity index (χ1n) is 8.33. The molecule has 0 aromatic heterocycles. The molecular weight excluding hydrogens is 282 g/mol. The van der Waals surface area contributed by atoms with Gasteiger partial charge in [0.1, 0.15) is 5.75 Å². The van der Waals surface area contributed by atoms with Crippen LogP contribution in [0.2, 0.25) is 5.02 Å². The van der Waals surface area contributed by atoms with E-state index in [1.807, 2.05) is 6.07 Å². The summed E-state index contributed by atoms with van der Waals surface area (Å²) in [5.74, 6) is 3.48. The Morgan fingerprint density at radius 1 is 1.29 bits per heavy atom. The number of fused-ring (bicyclic) bond motifs is 1. The number of benzene rings is 1. The van der Waals surface area contributed by atoms with Gasteiger partial charge in [0.2, 0.25) is 0 Å². The number of methoxy groups -OCH3 is 1. The Balaban J connectivity index is 1.82. The van der Waals surface area contributed by atoms with Crippen LogP contribution >= 0.6 is 11.6 Å². The minimum Gasteiger partial charge on any atom is -0.495 e. The maximum absolute atomic E-state index is 6.18. The van der Waals surface area contributed by atoms with Crippen LogP contribution in [0.15, 0.2) is 18.2 Å². The molecule has 0 bridgehead atoms. The van der Waals surface area contributed by atoms with Gasteiger partial charge in [0, 0.05) is 6.04 Å². The van der Waals surface area contributed by atoms with Gasteiger partial charge in [-0.1, -0.05) is 37.4 Å². The third kappa shape index (κ3) is 3.07. The van der Waals surface area contributed by atoms with E-state index in [9.17, 15) is 0 Å². The van der Waals surface area contributed by atoms with Crippen LogP contribution in [0.25, 0.3) is 0 Å². The second kappa shape index (κ2) is 6.58. The second-order valence-electron chi connectivity index (χ2n) is 6.52. The summed E-state index contributed by atoms with van der Waals surface area (Å²) in [6.45, 7) is 3.30. The van der Waals surface area contributed by atoms with E-state index in [4.69, 9.17) is 16.3 Å². The molecule has 0 aliphatic heterocycles. The van der Waals surface area contributed by atoms with Crippen LogP contribution in [0.1, 0.15) is 50.6 Å². The van der Waals surface area contributed by atoms with E-state index in [2.05, 4.69) is 24.4 Å². The van der Waals surface area contributed by atoms with Crippen LogP contribution in [0.4, 0.5) is 0 Å². The van der Waals surface area contributed by atoms with Gasteiger partial charge in [-0.05, 0) is 61.3 Å². The summed E-state index contributed by atoms with van der Waals surface area (Å²) in [7, 11) is 1.69. The topological polar surface area (TPSA) is 21.3 Å². The lowest BCUT2D eigenvalue weighted by atomic mass is 9.99. The Labute approximate surface area is 133 Å². The van der Waals surface area contributed by atoms with Crippen LogP contribution in [0.5, 0.6) is 5.75 Å². The van der Waals surface area contributed by atoms with Crippen LogP contribution in [-0.4, -0.2) is 13.7 Å². The number of hydrogen-bond donors (Lipinski definition) is 1. The zero-order valence-electron chi connectivity index (χ0n) is 13.1. The fourth-order valence-electron chi connectivity index (χ4n) is 4.19. The summed E-state index contributed by atoms with van der Waals surface area (Å²) in [4.78, 5) is 0. The van der Waals surface area contributed by atoms with E-state index in [0.717, 1.165) is 30.0 Å². The maximum atomic E-state index is 6.18. The van der Waals surface area contributed by atoms with Crippen molar-refractivity contribution in [2.24, 2.45) is 17.8 Å². The number of nitrogens with one attached hydrogen (secondary N) is 1. The number of halogens is 1.